The summed E-state index contributed by atoms with van der Waals surface area (Å²) in [7, 11) is 0. The summed E-state index contributed by atoms with van der Waals surface area (Å²) in [5.41, 5.74) is 0. The van der Waals surface area contributed by atoms with Crippen LogP contribution in [0.25, 0.3) is 0 Å². The van der Waals surface area contributed by atoms with Crippen LogP contribution in [0.15, 0.2) is 22.7 Å². The molecule has 0 spiro atoms. The Morgan fingerprint density at radius 2 is 2.12 bits per heavy atom. The van der Waals surface area contributed by atoms with Gasteiger partial charge >= 0.3 is 0 Å². The molecule has 1 nitrogen and oxygen atoms in total. The fraction of sp³-hybridized carbons (Fsp3) is 0.500. The fourth-order valence-corrected chi connectivity index (χ4v) is 2.24. The van der Waals surface area contributed by atoms with Crippen molar-refractivity contribution >= 4 is 28.6 Å². The zero-order valence-electron chi connectivity index (χ0n) is 9.41. The number of thiol groups is 1. The summed E-state index contributed by atoms with van der Waals surface area (Å²) in [5, 5.41) is 0. The van der Waals surface area contributed by atoms with Crippen molar-refractivity contribution in [3.8, 4) is 5.75 Å². The molecule has 0 heterocycles. The van der Waals surface area contributed by atoms with Crippen LogP contribution in [0.1, 0.15) is 13.8 Å². The number of hydrogen-bond acceptors (Lipinski definition) is 2. The first-order valence-electron chi connectivity index (χ1n) is 5.23. The fourth-order valence-electron chi connectivity index (χ4n) is 1.25. The largest absolute Gasteiger partial charge is 0.492 e. The average molecular weight is 307 g/mol. The third kappa shape index (κ3) is 3.98. The van der Waals surface area contributed by atoms with Gasteiger partial charge in [-0.1, -0.05) is 13.8 Å². The molecule has 0 aliphatic heterocycles. The van der Waals surface area contributed by atoms with E-state index in [9.17, 15) is 4.39 Å². The molecular formula is C12H16BrFOS. The molecule has 90 valence electrons. The first kappa shape index (κ1) is 13.8. The van der Waals surface area contributed by atoms with E-state index in [1.165, 1.54) is 12.1 Å². The summed E-state index contributed by atoms with van der Waals surface area (Å²) in [6.45, 7) is 4.89. The highest BCUT2D eigenvalue weighted by Crippen LogP contribution is 2.26. The Bertz CT molecular complexity index is 344. The highest BCUT2D eigenvalue weighted by atomic mass is 79.9. The summed E-state index contributed by atoms with van der Waals surface area (Å²) >= 11 is 7.56. The lowest BCUT2D eigenvalue weighted by molar-refractivity contribution is 0.225. The molecule has 0 N–H and O–H groups in total. The monoisotopic (exact) mass is 306 g/mol. The maximum atomic E-state index is 12.8. The van der Waals surface area contributed by atoms with Crippen LogP contribution >= 0.6 is 28.6 Å². The van der Waals surface area contributed by atoms with Gasteiger partial charge in [-0.05, 0) is 45.8 Å². The number of hydrogen-bond donors (Lipinski definition) is 1. The van der Waals surface area contributed by atoms with Crippen LogP contribution < -0.4 is 4.74 Å². The van der Waals surface area contributed by atoms with Gasteiger partial charge in [-0.2, -0.15) is 12.6 Å². The molecule has 1 atom stereocenters. The van der Waals surface area contributed by atoms with E-state index in [-0.39, 0.29) is 5.82 Å². The summed E-state index contributed by atoms with van der Waals surface area (Å²) in [4.78, 5) is 0. The molecule has 1 rings (SSSR count). The van der Waals surface area contributed by atoms with E-state index in [4.69, 9.17) is 4.74 Å². The molecule has 1 aromatic rings. The van der Waals surface area contributed by atoms with E-state index >= 15 is 0 Å². The Morgan fingerprint density at radius 1 is 1.44 bits per heavy atom. The van der Waals surface area contributed by atoms with Crippen LogP contribution in [0.2, 0.25) is 0 Å². The van der Waals surface area contributed by atoms with Crippen molar-refractivity contribution in [1.82, 2.24) is 0 Å². The second-order valence-electron chi connectivity index (χ2n) is 4.07. The molecule has 16 heavy (non-hydrogen) atoms. The van der Waals surface area contributed by atoms with Crippen molar-refractivity contribution in [2.75, 3.05) is 12.4 Å². The van der Waals surface area contributed by atoms with Crippen molar-refractivity contribution in [1.29, 1.82) is 0 Å². The maximum Gasteiger partial charge on any atom is 0.133 e. The van der Waals surface area contributed by atoms with E-state index in [0.717, 1.165) is 5.75 Å². The molecule has 0 bridgehead atoms. The van der Waals surface area contributed by atoms with E-state index < -0.39 is 0 Å². The van der Waals surface area contributed by atoms with Crippen molar-refractivity contribution < 1.29 is 9.13 Å². The second-order valence-corrected chi connectivity index (χ2v) is 5.29. The van der Waals surface area contributed by atoms with Crippen molar-refractivity contribution in [2.45, 2.75) is 13.8 Å². The first-order chi connectivity index (χ1) is 7.54. The van der Waals surface area contributed by atoms with Crippen molar-refractivity contribution in [2.24, 2.45) is 11.8 Å². The van der Waals surface area contributed by atoms with Gasteiger partial charge in [-0.25, -0.2) is 4.39 Å². The van der Waals surface area contributed by atoms with Gasteiger partial charge in [0, 0.05) is 5.92 Å². The number of benzene rings is 1. The zero-order chi connectivity index (χ0) is 12.1. The topological polar surface area (TPSA) is 9.23 Å². The Hall–Kier alpha value is -0.220. The van der Waals surface area contributed by atoms with E-state index in [1.54, 1.807) is 6.07 Å². The maximum absolute atomic E-state index is 12.8. The van der Waals surface area contributed by atoms with Gasteiger partial charge in [0.15, 0.2) is 0 Å². The minimum Gasteiger partial charge on any atom is -0.492 e. The molecule has 4 heteroatoms. The standard InChI is InChI=1S/C12H16BrFOS/c1-8(2)9(7-16)6-15-12-4-3-10(14)5-11(12)13/h3-5,8-9,16H,6-7H2,1-2H3. The number of ether oxygens (including phenoxy) is 1. The van der Waals surface area contributed by atoms with Crippen LogP contribution in [-0.4, -0.2) is 12.4 Å². The van der Waals surface area contributed by atoms with Gasteiger partial charge in [0.25, 0.3) is 0 Å². The summed E-state index contributed by atoms with van der Waals surface area (Å²) < 4.78 is 19.1. The molecule has 0 amide bonds. The quantitative estimate of drug-likeness (QED) is 0.803. The summed E-state index contributed by atoms with van der Waals surface area (Å²) in [6, 6.07) is 4.43. The third-order valence-corrected chi connectivity index (χ3v) is 3.61. The Balaban J connectivity index is 2.60. The highest BCUT2D eigenvalue weighted by molar-refractivity contribution is 9.10. The first-order valence-corrected chi connectivity index (χ1v) is 6.66. The molecule has 0 saturated heterocycles. The normalized spacial score (nSPS) is 12.9. The van der Waals surface area contributed by atoms with E-state index in [2.05, 4.69) is 42.4 Å². The van der Waals surface area contributed by atoms with Gasteiger partial charge in [0.05, 0.1) is 11.1 Å². The predicted molar refractivity (Wildman–Crippen MR) is 71.8 cm³/mol. The lowest BCUT2D eigenvalue weighted by Crippen LogP contribution is -2.19. The van der Waals surface area contributed by atoms with Crippen molar-refractivity contribution in [3.05, 3.63) is 28.5 Å². The smallest absolute Gasteiger partial charge is 0.133 e. The number of halogens is 2. The minimum atomic E-state index is -0.270. The Kier molecular flexibility index (Phi) is 5.62. The van der Waals surface area contributed by atoms with Gasteiger partial charge < -0.3 is 4.74 Å². The molecule has 0 fully saturated rings. The zero-order valence-corrected chi connectivity index (χ0v) is 11.9. The molecule has 0 aromatic heterocycles. The van der Waals surface area contributed by atoms with Gasteiger partial charge in [-0.15, -0.1) is 0 Å². The molecule has 1 unspecified atom stereocenters. The van der Waals surface area contributed by atoms with Crippen LogP contribution in [0.3, 0.4) is 0 Å². The molecule has 1 aromatic carbocycles. The molecule has 0 aliphatic rings. The van der Waals surface area contributed by atoms with Gasteiger partial charge in [0.2, 0.25) is 0 Å². The predicted octanol–water partition coefficient (Wildman–Crippen LogP) is 4.17. The molecule has 0 radical (unpaired) electrons. The Morgan fingerprint density at radius 3 is 2.62 bits per heavy atom. The molecular weight excluding hydrogens is 291 g/mol. The lowest BCUT2D eigenvalue weighted by Gasteiger charge is -2.19. The van der Waals surface area contributed by atoms with Crippen LogP contribution in [0, 0.1) is 17.7 Å². The van der Waals surface area contributed by atoms with Gasteiger partial charge in [0.1, 0.15) is 11.6 Å². The van der Waals surface area contributed by atoms with Crippen molar-refractivity contribution in [3.63, 3.8) is 0 Å². The summed E-state index contributed by atoms with van der Waals surface area (Å²) in [6.07, 6.45) is 0. The van der Waals surface area contributed by atoms with Crippen LogP contribution in [-0.2, 0) is 0 Å². The van der Waals surface area contributed by atoms with E-state index in [1.807, 2.05) is 0 Å². The second kappa shape index (κ2) is 6.50. The Labute approximate surface area is 110 Å². The average Bonchev–Trinajstić information content (AvgIpc) is 2.21. The molecule has 0 saturated carbocycles. The SMILES string of the molecule is CC(C)C(CS)COc1ccc(F)cc1Br. The summed E-state index contributed by atoms with van der Waals surface area (Å²) in [5.74, 6) is 2.12. The minimum absolute atomic E-state index is 0.270. The molecule has 0 aliphatic carbocycles. The third-order valence-electron chi connectivity index (χ3n) is 2.52. The van der Waals surface area contributed by atoms with Gasteiger partial charge in [-0.3, -0.25) is 0 Å². The van der Waals surface area contributed by atoms with Crippen LogP contribution in [0.5, 0.6) is 5.75 Å². The highest BCUT2D eigenvalue weighted by Gasteiger charge is 2.13. The van der Waals surface area contributed by atoms with Crippen LogP contribution in [0.4, 0.5) is 4.39 Å². The number of rotatable bonds is 5. The lowest BCUT2D eigenvalue weighted by atomic mass is 9.99. The van der Waals surface area contributed by atoms with E-state index in [0.29, 0.717) is 28.7 Å².